The second-order valence-electron chi connectivity index (χ2n) is 4.79. The van der Waals surface area contributed by atoms with E-state index in [2.05, 4.69) is 5.32 Å². The Morgan fingerprint density at radius 2 is 2.25 bits per heavy atom. The zero-order chi connectivity index (χ0) is 14.5. The van der Waals surface area contributed by atoms with Crippen LogP contribution in [0.1, 0.15) is 17.5 Å². The molecule has 0 radical (unpaired) electrons. The quantitative estimate of drug-likeness (QED) is 0.837. The number of amides is 1. The Morgan fingerprint density at radius 3 is 2.90 bits per heavy atom. The third-order valence-electron chi connectivity index (χ3n) is 3.25. The minimum Gasteiger partial charge on any atom is -0.478 e. The molecule has 1 aromatic carbocycles. The number of carboxylic acids is 1. The lowest BCUT2D eigenvalue weighted by Crippen LogP contribution is -2.22. The molecule has 1 aliphatic heterocycles. The molecule has 1 amide bonds. The van der Waals surface area contributed by atoms with Gasteiger partial charge in [-0.05, 0) is 48.4 Å². The summed E-state index contributed by atoms with van der Waals surface area (Å²) in [7, 11) is 0. The fourth-order valence-corrected chi connectivity index (χ4v) is 3.26. The highest BCUT2D eigenvalue weighted by Crippen LogP contribution is 2.25. The van der Waals surface area contributed by atoms with Gasteiger partial charge >= 0.3 is 5.97 Å². The number of nitrogens with one attached hydrogen (secondary N) is 1. The molecule has 1 aliphatic rings. The molecule has 0 aliphatic carbocycles. The fourth-order valence-electron chi connectivity index (χ4n) is 2.04. The van der Waals surface area contributed by atoms with E-state index < -0.39 is 5.97 Å². The number of rotatable bonds is 4. The van der Waals surface area contributed by atoms with E-state index in [1.54, 1.807) is 23.9 Å². The summed E-state index contributed by atoms with van der Waals surface area (Å²) in [5.74, 6) is 1.07. The molecule has 2 rings (SSSR count). The minimum atomic E-state index is -0.984. The van der Waals surface area contributed by atoms with Gasteiger partial charge in [-0.15, -0.1) is 0 Å². The molecule has 106 valence electrons. The van der Waals surface area contributed by atoms with Crippen LogP contribution in [0.5, 0.6) is 0 Å². The number of benzene rings is 1. The van der Waals surface area contributed by atoms with Gasteiger partial charge in [0.2, 0.25) is 5.91 Å². The van der Waals surface area contributed by atoms with Crippen molar-refractivity contribution in [2.45, 2.75) is 13.3 Å². The molecule has 5 heteroatoms. The van der Waals surface area contributed by atoms with Crippen molar-refractivity contribution in [3.8, 4) is 0 Å². The van der Waals surface area contributed by atoms with E-state index in [4.69, 9.17) is 5.11 Å². The highest BCUT2D eigenvalue weighted by molar-refractivity contribution is 7.99. The first-order valence-electron chi connectivity index (χ1n) is 6.46. The van der Waals surface area contributed by atoms with Crippen molar-refractivity contribution >= 4 is 35.4 Å². The molecule has 1 unspecified atom stereocenters. The van der Waals surface area contributed by atoms with Gasteiger partial charge in [-0.2, -0.15) is 11.8 Å². The smallest absolute Gasteiger partial charge is 0.328 e. The van der Waals surface area contributed by atoms with Gasteiger partial charge in [-0.25, -0.2) is 4.79 Å². The van der Waals surface area contributed by atoms with Crippen molar-refractivity contribution in [3.63, 3.8) is 0 Å². The average molecular weight is 291 g/mol. The fraction of sp³-hybridized carbons (Fsp3) is 0.333. The van der Waals surface area contributed by atoms with Gasteiger partial charge in [0.1, 0.15) is 0 Å². The van der Waals surface area contributed by atoms with Crippen LogP contribution in [0, 0.1) is 12.8 Å². The summed E-state index contributed by atoms with van der Waals surface area (Å²) in [5.41, 5.74) is 2.48. The molecule has 1 saturated heterocycles. The van der Waals surface area contributed by atoms with Crippen molar-refractivity contribution in [1.82, 2.24) is 0 Å². The summed E-state index contributed by atoms with van der Waals surface area (Å²) in [5, 5.41) is 11.6. The summed E-state index contributed by atoms with van der Waals surface area (Å²) >= 11 is 1.80. The van der Waals surface area contributed by atoms with Crippen molar-refractivity contribution in [2.75, 3.05) is 16.8 Å². The van der Waals surface area contributed by atoms with Gasteiger partial charge in [0.15, 0.2) is 0 Å². The Labute approximate surface area is 122 Å². The topological polar surface area (TPSA) is 66.4 Å². The molecule has 4 nitrogen and oxygen atoms in total. The number of carboxylic acid groups (broad SMARTS) is 1. The molecule has 1 fully saturated rings. The molecule has 2 N–H and O–H groups in total. The first-order chi connectivity index (χ1) is 9.56. The van der Waals surface area contributed by atoms with E-state index in [-0.39, 0.29) is 11.8 Å². The number of carbonyl (C=O) groups excluding carboxylic acids is 1. The molecular weight excluding hydrogens is 274 g/mol. The number of thioether (sulfide) groups is 1. The van der Waals surface area contributed by atoms with Crippen LogP contribution in [0.15, 0.2) is 24.3 Å². The zero-order valence-electron chi connectivity index (χ0n) is 11.3. The van der Waals surface area contributed by atoms with Crippen molar-refractivity contribution in [3.05, 3.63) is 35.4 Å². The first kappa shape index (κ1) is 14.7. The maximum absolute atomic E-state index is 12.0. The van der Waals surface area contributed by atoms with Crippen LogP contribution < -0.4 is 5.32 Å². The van der Waals surface area contributed by atoms with E-state index in [1.807, 2.05) is 19.1 Å². The Bertz CT molecular complexity index is 548. The number of aryl methyl sites for hydroxylation is 1. The van der Waals surface area contributed by atoms with Gasteiger partial charge < -0.3 is 10.4 Å². The number of carbonyl (C=O) groups is 2. The average Bonchev–Trinajstić information content (AvgIpc) is 2.93. The summed E-state index contributed by atoms with van der Waals surface area (Å²) in [4.78, 5) is 22.6. The Morgan fingerprint density at radius 1 is 1.45 bits per heavy atom. The summed E-state index contributed by atoms with van der Waals surface area (Å²) in [6.07, 6.45) is 3.56. The monoisotopic (exact) mass is 291 g/mol. The standard InChI is InChI=1S/C15H17NO3S/c1-10-2-4-13(8-11(10)3-5-14(17)18)16-15(19)12-6-7-20-9-12/h2-5,8,12H,6-7,9H2,1H3,(H,16,19)(H,17,18). The number of hydrogen-bond acceptors (Lipinski definition) is 3. The minimum absolute atomic E-state index is 0.0482. The Hall–Kier alpha value is -1.75. The largest absolute Gasteiger partial charge is 0.478 e. The molecule has 0 spiro atoms. The molecular formula is C15H17NO3S. The summed E-state index contributed by atoms with van der Waals surface area (Å²) in [6.45, 7) is 1.90. The lowest BCUT2D eigenvalue weighted by molar-refractivity contribution is -0.131. The van der Waals surface area contributed by atoms with Crippen LogP contribution in [0.3, 0.4) is 0 Å². The Kier molecular flexibility index (Phi) is 4.84. The van der Waals surface area contributed by atoms with Gasteiger partial charge in [-0.1, -0.05) is 6.07 Å². The molecule has 20 heavy (non-hydrogen) atoms. The van der Waals surface area contributed by atoms with Crippen LogP contribution in [-0.4, -0.2) is 28.5 Å². The van der Waals surface area contributed by atoms with Gasteiger partial charge in [0.25, 0.3) is 0 Å². The van der Waals surface area contributed by atoms with E-state index >= 15 is 0 Å². The lowest BCUT2D eigenvalue weighted by atomic mass is 10.1. The van der Waals surface area contributed by atoms with Gasteiger partial charge in [-0.3, -0.25) is 4.79 Å². The van der Waals surface area contributed by atoms with E-state index in [0.717, 1.165) is 35.1 Å². The molecule has 1 heterocycles. The lowest BCUT2D eigenvalue weighted by Gasteiger charge is -2.11. The van der Waals surface area contributed by atoms with E-state index in [9.17, 15) is 9.59 Å². The zero-order valence-corrected chi connectivity index (χ0v) is 12.1. The molecule has 1 atom stereocenters. The molecule has 0 saturated carbocycles. The third-order valence-corrected chi connectivity index (χ3v) is 4.42. The maximum Gasteiger partial charge on any atom is 0.328 e. The van der Waals surface area contributed by atoms with Gasteiger partial charge in [0, 0.05) is 23.4 Å². The van der Waals surface area contributed by atoms with Crippen LogP contribution in [-0.2, 0) is 9.59 Å². The maximum atomic E-state index is 12.0. The predicted octanol–water partition coefficient (Wildman–Crippen LogP) is 2.78. The second-order valence-corrected chi connectivity index (χ2v) is 5.94. The second kappa shape index (κ2) is 6.61. The van der Waals surface area contributed by atoms with Gasteiger partial charge in [0.05, 0.1) is 0 Å². The van der Waals surface area contributed by atoms with Crippen molar-refractivity contribution < 1.29 is 14.7 Å². The molecule has 1 aromatic rings. The number of anilines is 1. The van der Waals surface area contributed by atoms with E-state index in [0.29, 0.717) is 5.69 Å². The number of hydrogen-bond donors (Lipinski definition) is 2. The molecule has 0 bridgehead atoms. The first-order valence-corrected chi connectivity index (χ1v) is 7.62. The highest BCUT2D eigenvalue weighted by atomic mass is 32.2. The summed E-state index contributed by atoms with van der Waals surface area (Å²) in [6, 6.07) is 5.52. The van der Waals surface area contributed by atoms with E-state index in [1.165, 1.54) is 0 Å². The van der Waals surface area contributed by atoms with Crippen molar-refractivity contribution in [2.24, 2.45) is 5.92 Å². The highest BCUT2D eigenvalue weighted by Gasteiger charge is 2.23. The molecule has 0 aromatic heterocycles. The van der Waals surface area contributed by atoms with Crippen molar-refractivity contribution in [1.29, 1.82) is 0 Å². The van der Waals surface area contributed by atoms with Crippen LogP contribution >= 0.6 is 11.8 Å². The SMILES string of the molecule is Cc1ccc(NC(=O)C2CCSC2)cc1C=CC(=O)O. The number of aliphatic carboxylic acids is 1. The van der Waals surface area contributed by atoms with Crippen LogP contribution in [0.4, 0.5) is 5.69 Å². The third kappa shape index (κ3) is 3.87. The van der Waals surface area contributed by atoms with Crippen LogP contribution in [0.25, 0.3) is 6.08 Å². The Balaban J connectivity index is 2.10. The normalized spacial score (nSPS) is 18.4. The van der Waals surface area contributed by atoms with Crippen LogP contribution in [0.2, 0.25) is 0 Å². The summed E-state index contributed by atoms with van der Waals surface area (Å²) < 4.78 is 0. The predicted molar refractivity (Wildman–Crippen MR) is 81.9 cm³/mol.